The van der Waals surface area contributed by atoms with E-state index >= 15 is 0 Å². The van der Waals surface area contributed by atoms with E-state index in [0.29, 0.717) is 16.1 Å². The first-order valence-electron chi connectivity index (χ1n) is 10.6. The fraction of sp³-hybridized carbons (Fsp3) is 0.320. The highest BCUT2D eigenvalue weighted by Gasteiger charge is 2.38. The maximum absolute atomic E-state index is 14.1. The minimum atomic E-state index is -4.69. The second-order valence-electron chi connectivity index (χ2n) is 8.87. The third-order valence-electron chi connectivity index (χ3n) is 5.27. The number of rotatable bonds is 7. The van der Waals surface area contributed by atoms with Crippen LogP contribution in [0.5, 0.6) is 5.88 Å². The molecule has 34 heavy (non-hydrogen) atoms. The summed E-state index contributed by atoms with van der Waals surface area (Å²) in [5.41, 5.74) is -0.414. The lowest BCUT2D eigenvalue weighted by molar-refractivity contribution is -0.143. The minimum Gasteiger partial charge on any atom is -0.396 e. The molecule has 9 heteroatoms. The van der Waals surface area contributed by atoms with Crippen LogP contribution in [-0.2, 0) is 12.7 Å². The maximum Gasteiger partial charge on any atom is 0.431 e. The van der Waals surface area contributed by atoms with Gasteiger partial charge in [-0.25, -0.2) is 4.79 Å². The van der Waals surface area contributed by atoms with Gasteiger partial charge in [0.25, 0.3) is 0 Å². The van der Waals surface area contributed by atoms with E-state index in [9.17, 15) is 23.1 Å². The summed E-state index contributed by atoms with van der Waals surface area (Å²) in [5, 5.41) is 9.94. The van der Waals surface area contributed by atoms with Crippen LogP contribution in [0.25, 0.3) is 11.1 Å². The van der Waals surface area contributed by atoms with Crippen molar-refractivity contribution >= 4 is 17.7 Å². The normalized spacial score (nSPS) is 12.0. The van der Waals surface area contributed by atoms with E-state index < -0.39 is 23.4 Å². The number of aliphatic hydroxyl groups excluding tert-OH is 1. The zero-order chi connectivity index (χ0) is 25.1. The Morgan fingerprint density at radius 1 is 1.09 bits per heavy atom. The van der Waals surface area contributed by atoms with Crippen LogP contribution in [0.2, 0.25) is 5.02 Å². The van der Waals surface area contributed by atoms with Gasteiger partial charge in [-0.2, -0.15) is 13.2 Å². The quantitative estimate of drug-likeness (QED) is 0.418. The summed E-state index contributed by atoms with van der Waals surface area (Å²) in [5.74, 6) is -0.225. The summed E-state index contributed by atoms with van der Waals surface area (Å²) in [6.45, 7) is 3.33. The maximum atomic E-state index is 14.1. The van der Waals surface area contributed by atoms with E-state index in [1.165, 1.54) is 11.9 Å². The molecule has 0 unspecified atom stereocenters. The molecule has 0 saturated carbocycles. The van der Waals surface area contributed by atoms with Crippen LogP contribution >= 0.6 is 11.6 Å². The summed E-state index contributed by atoms with van der Waals surface area (Å²) in [6, 6.07) is 15.8. The van der Waals surface area contributed by atoms with Crippen LogP contribution < -0.4 is 4.74 Å². The van der Waals surface area contributed by atoms with Gasteiger partial charge in [-0.05, 0) is 29.3 Å². The largest absolute Gasteiger partial charge is 0.431 e. The molecule has 0 spiro atoms. The van der Waals surface area contributed by atoms with Crippen molar-refractivity contribution in [2.45, 2.75) is 26.6 Å². The zero-order valence-electron chi connectivity index (χ0n) is 19.1. The molecule has 182 valence electrons. The van der Waals surface area contributed by atoms with Gasteiger partial charge >= 0.3 is 12.3 Å². The standard InChI is InChI=1S/C25H26ClF3N2O3/c1-24(2,16-32)15-30(3)23(33)34-22-20(18-9-11-19(26)12-10-18)13-21(25(27,28)29)31(22)14-17-7-5-4-6-8-17/h4-13,32H,14-16H2,1-3H3. The molecular formula is C25H26ClF3N2O3. The van der Waals surface area contributed by atoms with Gasteiger partial charge in [-0.15, -0.1) is 0 Å². The van der Waals surface area contributed by atoms with Crippen LogP contribution in [0.15, 0.2) is 60.7 Å². The summed E-state index contributed by atoms with van der Waals surface area (Å²) in [6.07, 6.45) is -5.52. The summed E-state index contributed by atoms with van der Waals surface area (Å²) in [7, 11) is 1.47. The van der Waals surface area contributed by atoms with Gasteiger partial charge < -0.3 is 19.3 Å². The van der Waals surface area contributed by atoms with Gasteiger partial charge in [-0.3, -0.25) is 0 Å². The number of amides is 1. The first-order valence-corrected chi connectivity index (χ1v) is 10.9. The van der Waals surface area contributed by atoms with E-state index in [1.54, 1.807) is 68.4 Å². The van der Waals surface area contributed by atoms with Crippen molar-refractivity contribution in [1.82, 2.24) is 9.47 Å². The van der Waals surface area contributed by atoms with Crippen LogP contribution in [0.3, 0.4) is 0 Å². The molecule has 0 aliphatic rings. The number of ether oxygens (including phenoxy) is 1. The molecule has 3 aromatic rings. The summed E-state index contributed by atoms with van der Waals surface area (Å²) < 4.78 is 48.8. The number of hydrogen-bond donors (Lipinski definition) is 1. The van der Waals surface area contributed by atoms with Crippen molar-refractivity contribution in [3.8, 4) is 17.0 Å². The molecular weight excluding hydrogens is 469 g/mol. The molecule has 0 atom stereocenters. The minimum absolute atomic E-state index is 0.114. The number of aliphatic hydroxyl groups is 1. The van der Waals surface area contributed by atoms with E-state index in [4.69, 9.17) is 16.3 Å². The van der Waals surface area contributed by atoms with Gasteiger partial charge in [0, 0.05) is 36.2 Å². The first-order chi connectivity index (χ1) is 15.9. The average molecular weight is 495 g/mol. The Morgan fingerprint density at radius 2 is 1.71 bits per heavy atom. The van der Waals surface area contributed by atoms with Crippen molar-refractivity contribution in [2.75, 3.05) is 20.2 Å². The third kappa shape index (κ3) is 6.12. The predicted octanol–water partition coefficient (Wildman–Crippen LogP) is 6.32. The molecule has 1 heterocycles. The van der Waals surface area contributed by atoms with E-state index in [0.717, 1.165) is 10.6 Å². The molecule has 2 aromatic carbocycles. The van der Waals surface area contributed by atoms with Crippen molar-refractivity contribution in [3.63, 3.8) is 0 Å². The fourth-order valence-electron chi connectivity index (χ4n) is 3.55. The average Bonchev–Trinajstić information content (AvgIpc) is 3.13. The van der Waals surface area contributed by atoms with Crippen molar-refractivity contribution in [3.05, 3.63) is 76.9 Å². The molecule has 0 saturated heterocycles. The Kier molecular flexibility index (Phi) is 7.63. The number of carbonyl (C=O) groups excluding carboxylic acids is 1. The van der Waals surface area contributed by atoms with E-state index in [1.807, 2.05) is 0 Å². The molecule has 1 aromatic heterocycles. The number of aromatic nitrogens is 1. The molecule has 5 nitrogen and oxygen atoms in total. The Bertz CT molecular complexity index is 1130. The van der Waals surface area contributed by atoms with Crippen LogP contribution in [-0.4, -0.2) is 40.9 Å². The van der Waals surface area contributed by atoms with Crippen LogP contribution in [0, 0.1) is 5.41 Å². The summed E-state index contributed by atoms with van der Waals surface area (Å²) in [4.78, 5) is 14.1. The molecule has 3 rings (SSSR count). The fourth-order valence-corrected chi connectivity index (χ4v) is 3.68. The predicted molar refractivity (Wildman–Crippen MR) is 125 cm³/mol. The highest BCUT2D eigenvalue weighted by molar-refractivity contribution is 6.30. The SMILES string of the molecule is CN(CC(C)(C)CO)C(=O)Oc1c(-c2ccc(Cl)cc2)cc(C(F)(F)F)n1Cc1ccccc1. The molecule has 1 N–H and O–H groups in total. The number of hydrogen-bond acceptors (Lipinski definition) is 3. The van der Waals surface area contributed by atoms with Crippen molar-refractivity contribution < 1.29 is 27.8 Å². The Morgan fingerprint density at radius 3 is 2.26 bits per heavy atom. The number of alkyl halides is 3. The van der Waals surface area contributed by atoms with Crippen LogP contribution in [0.1, 0.15) is 25.1 Å². The monoisotopic (exact) mass is 494 g/mol. The molecule has 0 bridgehead atoms. The van der Waals surface area contributed by atoms with Gasteiger partial charge in [0.2, 0.25) is 5.88 Å². The Labute approximate surface area is 201 Å². The number of carbonyl (C=O) groups is 1. The molecule has 1 amide bonds. The zero-order valence-corrected chi connectivity index (χ0v) is 19.8. The topological polar surface area (TPSA) is 54.7 Å². The lowest BCUT2D eigenvalue weighted by Gasteiger charge is -2.28. The van der Waals surface area contributed by atoms with Gasteiger partial charge in [0.1, 0.15) is 5.69 Å². The van der Waals surface area contributed by atoms with E-state index in [2.05, 4.69) is 0 Å². The van der Waals surface area contributed by atoms with E-state index in [-0.39, 0.29) is 31.1 Å². The van der Waals surface area contributed by atoms with Gasteiger partial charge in [-0.1, -0.05) is 67.9 Å². The smallest absolute Gasteiger partial charge is 0.396 e. The second-order valence-corrected chi connectivity index (χ2v) is 9.31. The van der Waals surface area contributed by atoms with Crippen LogP contribution in [0.4, 0.5) is 18.0 Å². The summed E-state index contributed by atoms with van der Waals surface area (Å²) >= 11 is 5.96. The number of nitrogens with zero attached hydrogens (tertiary/aromatic N) is 2. The second kappa shape index (κ2) is 10.1. The lowest BCUT2D eigenvalue weighted by Crippen LogP contribution is -2.39. The molecule has 0 aliphatic carbocycles. The number of halogens is 4. The lowest BCUT2D eigenvalue weighted by atomic mass is 9.94. The molecule has 0 fully saturated rings. The first kappa shape index (κ1) is 25.6. The van der Waals surface area contributed by atoms with Gasteiger partial charge in [0.15, 0.2) is 0 Å². The highest BCUT2D eigenvalue weighted by Crippen LogP contribution is 2.41. The van der Waals surface area contributed by atoms with Crippen molar-refractivity contribution in [1.29, 1.82) is 0 Å². The van der Waals surface area contributed by atoms with Gasteiger partial charge in [0.05, 0.1) is 6.54 Å². The highest BCUT2D eigenvalue weighted by atomic mass is 35.5. The van der Waals surface area contributed by atoms with Crippen molar-refractivity contribution in [2.24, 2.45) is 5.41 Å². The third-order valence-corrected chi connectivity index (χ3v) is 5.52. The number of benzene rings is 2. The molecule has 0 radical (unpaired) electrons. The molecule has 0 aliphatic heterocycles. The Balaban J connectivity index is 2.12. The Hall–Kier alpha value is -2.97.